The first kappa shape index (κ1) is 13.1. The fraction of sp³-hybridized carbons (Fsp3) is 0.0769. The molecule has 0 aliphatic rings. The number of thiophene rings is 1. The molecule has 0 aliphatic carbocycles. The van der Waals surface area contributed by atoms with Crippen molar-refractivity contribution in [3.63, 3.8) is 0 Å². The zero-order valence-electron chi connectivity index (χ0n) is 9.92. The number of benzene rings is 1. The molecule has 5 nitrogen and oxygen atoms in total. The van der Waals surface area contributed by atoms with E-state index in [2.05, 4.69) is 10.6 Å². The van der Waals surface area contributed by atoms with E-state index >= 15 is 0 Å². The van der Waals surface area contributed by atoms with Crippen LogP contribution in [0.5, 0.6) is 0 Å². The minimum atomic E-state index is -0.992. The Balaban J connectivity index is 1.86. The highest BCUT2D eigenvalue weighted by Gasteiger charge is 2.04. The smallest absolute Gasteiger partial charge is 0.335 e. The van der Waals surface area contributed by atoms with Crippen molar-refractivity contribution in [1.29, 1.82) is 0 Å². The van der Waals surface area contributed by atoms with Crippen LogP contribution in [0.4, 0.5) is 10.5 Å². The van der Waals surface area contributed by atoms with Crippen molar-refractivity contribution in [1.82, 2.24) is 5.32 Å². The van der Waals surface area contributed by atoms with E-state index in [-0.39, 0.29) is 11.6 Å². The van der Waals surface area contributed by atoms with Gasteiger partial charge in [-0.15, -0.1) is 11.3 Å². The van der Waals surface area contributed by atoms with Gasteiger partial charge >= 0.3 is 12.0 Å². The number of rotatable bonds is 4. The molecule has 1 aromatic carbocycles. The average Bonchev–Trinajstić information content (AvgIpc) is 2.90. The molecule has 2 amide bonds. The molecule has 2 aromatic rings. The molecule has 0 radical (unpaired) electrons. The number of amides is 2. The fourth-order valence-corrected chi connectivity index (χ4v) is 2.10. The molecule has 3 N–H and O–H groups in total. The van der Waals surface area contributed by atoms with Crippen LogP contribution in [0.1, 0.15) is 15.2 Å². The Labute approximate surface area is 113 Å². The number of carboxylic acid groups (broad SMARTS) is 1. The zero-order chi connectivity index (χ0) is 13.7. The third-order valence-corrected chi connectivity index (χ3v) is 3.27. The number of aromatic carboxylic acids is 1. The lowest BCUT2D eigenvalue weighted by atomic mass is 10.2. The summed E-state index contributed by atoms with van der Waals surface area (Å²) in [4.78, 5) is 23.3. The summed E-state index contributed by atoms with van der Waals surface area (Å²) in [7, 11) is 0. The number of anilines is 1. The number of carbonyl (C=O) groups is 2. The predicted molar refractivity (Wildman–Crippen MR) is 73.6 cm³/mol. The highest BCUT2D eigenvalue weighted by Crippen LogP contribution is 2.10. The van der Waals surface area contributed by atoms with Crippen LogP contribution in [0.3, 0.4) is 0 Å². The molecule has 6 heteroatoms. The van der Waals surface area contributed by atoms with Crippen molar-refractivity contribution >= 4 is 29.0 Å². The van der Waals surface area contributed by atoms with Crippen molar-refractivity contribution in [3.05, 3.63) is 52.2 Å². The third-order valence-electron chi connectivity index (χ3n) is 2.39. The minimum absolute atomic E-state index is 0.185. The van der Waals surface area contributed by atoms with Gasteiger partial charge < -0.3 is 15.7 Å². The first-order valence-electron chi connectivity index (χ1n) is 5.56. The van der Waals surface area contributed by atoms with E-state index in [1.807, 2.05) is 17.5 Å². The summed E-state index contributed by atoms with van der Waals surface area (Å²) in [6, 6.07) is 9.52. The van der Waals surface area contributed by atoms with E-state index in [0.29, 0.717) is 12.2 Å². The SMILES string of the molecule is O=C(NCc1cccs1)Nc1ccc(C(=O)O)cc1. The van der Waals surface area contributed by atoms with E-state index in [0.717, 1.165) is 4.88 Å². The molecule has 0 unspecified atom stereocenters. The summed E-state index contributed by atoms with van der Waals surface area (Å²) >= 11 is 1.57. The van der Waals surface area contributed by atoms with Gasteiger partial charge in [-0.3, -0.25) is 0 Å². The van der Waals surface area contributed by atoms with E-state index in [1.165, 1.54) is 12.1 Å². The second kappa shape index (κ2) is 6.01. The van der Waals surface area contributed by atoms with E-state index < -0.39 is 5.97 Å². The maximum atomic E-state index is 11.6. The third kappa shape index (κ3) is 3.82. The van der Waals surface area contributed by atoms with Crippen LogP contribution in [0.2, 0.25) is 0 Å². The van der Waals surface area contributed by atoms with Crippen LogP contribution >= 0.6 is 11.3 Å². The first-order chi connectivity index (χ1) is 9.15. The van der Waals surface area contributed by atoms with E-state index in [1.54, 1.807) is 23.5 Å². The summed E-state index contributed by atoms with van der Waals surface area (Å²) in [5, 5.41) is 16.0. The van der Waals surface area contributed by atoms with Gasteiger partial charge in [0.2, 0.25) is 0 Å². The lowest BCUT2D eigenvalue weighted by molar-refractivity contribution is 0.0697. The molecule has 0 atom stereocenters. The van der Waals surface area contributed by atoms with E-state index in [4.69, 9.17) is 5.11 Å². The molecule has 19 heavy (non-hydrogen) atoms. The van der Waals surface area contributed by atoms with Crippen LogP contribution in [-0.2, 0) is 6.54 Å². The zero-order valence-corrected chi connectivity index (χ0v) is 10.7. The summed E-state index contributed by atoms with van der Waals surface area (Å²) in [5.41, 5.74) is 0.734. The quantitative estimate of drug-likeness (QED) is 0.803. The second-order valence-corrected chi connectivity index (χ2v) is 4.80. The number of carbonyl (C=O) groups excluding carboxylic acids is 1. The van der Waals surface area contributed by atoms with E-state index in [9.17, 15) is 9.59 Å². The Bertz CT molecular complexity index is 564. The molecule has 1 aromatic heterocycles. The highest BCUT2D eigenvalue weighted by atomic mass is 32.1. The molecule has 0 aliphatic heterocycles. The van der Waals surface area contributed by atoms with Gasteiger partial charge in [-0.2, -0.15) is 0 Å². The number of urea groups is 1. The Morgan fingerprint density at radius 3 is 2.47 bits per heavy atom. The molecule has 0 fully saturated rings. The van der Waals surface area contributed by atoms with Crippen molar-refractivity contribution in [2.45, 2.75) is 6.54 Å². The predicted octanol–water partition coefficient (Wildman–Crippen LogP) is 2.77. The summed E-state index contributed by atoms with van der Waals surface area (Å²) < 4.78 is 0. The Kier molecular flexibility index (Phi) is 4.15. The van der Waals surface area contributed by atoms with Crippen molar-refractivity contribution in [3.8, 4) is 0 Å². The summed E-state index contributed by atoms with van der Waals surface area (Å²) in [5.74, 6) is -0.992. The van der Waals surface area contributed by atoms with Crippen LogP contribution in [0.25, 0.3) is 0 Å². The van der Waals surface area contributed by atoms with Gasteiger partial charge in [0, 0.05) is 10.6 Å². The maximum Gasteiger partial charge on any atom is 0.335 e. The average molecular weight is 276 g/mol. The second-order valence-electron chi connectivity index (χ2n) is 3.77. The molecule has 2 rings (SSSR count). The topological polar surface area (TPSA) is 78.4 Å². The monoisotopic (exact) mass is 276 g/mol. The van der Waals surface area contributed by atoms with Gasteiger partial charge in [0.25, 0.3) is 0 Å². The number of nitrogens with one attached hydrogen (secondary N) is 2. The van der Waals surface area contributed by atoms with Gasteiger partial charge in [-0.05, 0) is 35.7 Å². The largest absolute Gasteiger partial charge is 0.478 e. The van der Waals surface area contributed by atoms with Gasteiger partial charge in [0.15, 0.2) is 0 Å². The molecule has 98 valence electrons. The number of hydrogen-bond donors (Lipinski definition) is 3. The molecule has 0 bridgehead atoms. The van der Waals surface area contributed by atoms with Crippen LogP contribution in [0, 0.1) is 0 Å². The Morgan fingerprint density at radius 2 is 1.89 bits per heavy atom. The van der Waals surface area contributed by atoms with Gasteiger partial charge in [0.05, 0.1) is 12.1 Å². The standard InChI is InChI=1S/C13H12N2O3S/c16-12(17)9-3-5-10(6-4-9)15-13(18)14-8-11-2-1-7-19-11/h1-7H,8H2,(H,16,17)(H2,14,15,18). The molecule has 0 spiro atoms. The van der Waals surface area contributed by atoms with Crippen molar-refractivity contribution in [2.24, 2.45) is 0 Å². The summed E-state index contributed by atoms with van der Waals surface area (Å²) in [6.45, 7) is 0.469. The molecule has 0 saturated carbocycles. The van der Waals surface area contributed by atoms with Crippen LogP contribution in [-0.4, -0.2) is 17.1 Å². The number of hydrogen-bond acceptors (Lipinski definition) is 3. The number of carboxylic acids is 1. The summed E-state index contributed by atoms with van der Waals surface area (Å²) in [6.07, 6.45) is 0. The Morgan fingerprint density at radius 1 is 1.16 bits per heavy atom. The minimum Gasteiger partial charge on any atom is -0.478 e. The first-order valence-corrected chi connectivity index (χ1v) is 6.44. The highest BCUT2D eigenvalue weighted by molar-refractivity contribution is 7.09. The van der Waals surface area contributed by atoms with Crippen molar-refractivity contribution < 1.29 is 14.7 Å². The Hall–Kier alpha value is -2.34. The molecule has 0 saturated heterocycles. The maximum absolute atomic E-state index is 11.6. The van der Waals surface area contributed by atoms with Gasteiger partial charge in [0.1, 0.15) is 0 Å². The molecule has 1 heterocycles. The molecular weight excluding hydrogens is 264 g/mol. The lowest BCUT2D eigenvalue weighted by Gasteiger charge is -2.06. The van der Waals surface area contributed by atoms with Gasteiger partial charge in [-0.1, -0.05) is 6.07 Å². The van der Waals surface area contributed by atoms with Crippen molar-refractivity contribution in [2.75, 3.05) is 5.32 Å². The van der Waals surface area contributed by atoms with Crippen LogP contribution in [0.15, 0.2) is 41.8 Å². The van der Waals surface area contributed by atoms with Gasteiger partial charge in [-0.25, -0.2) is 9.59 Å². The van der Waals surface area contributed by atoms with Crippen LogP contribution < -0.4 is 10.6 Å². The lowest BCUT2D eigenvalue weighted by Crippen LogP contribution is -2.27. The normalized spacial score (nSPS) is 9.89. The fourth-order valence-electron chi connectivity index (χ4n) is 1.45. The molecular formula is C13H12N2O3S.